The molecule has 1 rings (SSSR count). The van der Waals surface area contributed by atoms with Crippen LogP contribution in [0.4, 0.5) is 5.69 Å². The maximum absolute atomic E-state index is 11.5. The minimum absolute atomic E-state index is 0.00548. The SMILES string of the molecule is O=C(O)CSCC(=O)Nc1ccccc1C(=O)O. The van der Waals surface area contributed by atoms with Gasteiger partial charge < -0.3 is 15.5 Å². The first-order valence-electron chi connectivity index (χ1n) is 4.92. The van der Waals surface area contributed by atoms with E-state index in [1.807, 2.05) is 0 Å². The third-order valence-electron chi connectivity index (χ3n) is 1.89. The predicted molar refractivity (Wildman–Crippen MR) is 67.0 cm³/mol. The molecule has 3 N–H and O–H groups in total. The Morgan fingerprint density at radius 1 is 1.11 bits per heavy atom. The second-order valence-corrected chi connectivity index (χ2v) is 4.27. The Morgan fingerprint density at radius 2 is 1.78 bits per heavy atom. The highest BCUT2D eigenvalue weighted by Gasteiger charge is 2.11. The van der Waals surface area contributed by atoms with E-state index in [0.29, 0.717) is 0 Å². The summed E-state index contributed by atoms with van der Waals surface area (Å²) in [6.07, 6.45) is 0. The van der Waals surface area contributed by atoms with Crippen LogP contribution in [-0.4, -0.2) is 39.6 Å². The number of carbonyl (C=O) groups is 3. The zero-order valence-electron chi connectivity index (χ0n) is 9.25. The van der Waals surface area contributed by atoms with Crippen molar-refractivity contribution in [2.75, 3.05) is 16.8 Å². The van der Waals surface area contributed by atoms with Crippen LogP contribution in [0.5, 0.6) is 0 Å². The van der Waals surface area contributed by atoms with Crippen LogP contribution in [0.15, 0.2) is 24.3 Å². The average Bonchev–Trinajstić information content (AvgIpc) is 2.28. The van der Waals surface area contributed by atoms with Crippen LogP contribution in [-0.2, 0) is 9.59 Å². The smallest absolute Gasteiger partial charge is 0.337 e. The van der Waals surface area contributed by atoms with E-state index in [9.17, 15) is 14.4 Å². The van der Waals surface area contributed by atoms with Crippen molar-refractivity contribution in [3.63, 3.8) is 0 Å². The van der Waals surface area contributed by atoms with Gasteiger partial charge in [0.15, 0.2) is 0 Å². The number of aromatic carboxylic acids is 1. The van der Waals surface area contributed by atoms with Gasteiger partial charge in [0.2, 0.25) is 5.91 Å². The molecule has 0 atom stereocenters. The zero-order valence-corrected chi connectivity index (χ0v) is 10.1. The van der Waals surface area contributed by atoms with E-state index < -0.39 is 17.8 Å². The largest absolute Gasteiger partial charge is 0.481 e. The molecule has 0 fully saturated rings. The average molecular weight is 269 g/mol. The molecule has 0 radical (unpaired) electrons. The molecule has 96 valence electrons. The highest BCUT2D eigenvalue weighted by Crippen LogP contribution is 2.15. The Bertz CT molecular complexity index is 474. The van der Waals surface area contributed by atoms with Gasteiger partial charge in [0, 0.05) is 0 Å². The van der Waals surface area contributed by atoms with Crippen LogP contribution in [0.3, 0.4) is 0 Å². The number of amides is 1. The Balaban J connectivity index is 2.59. The number of carbonyl (C=O) groups excluding carboxylic acids is 1. The van der Waals surface area contributed by atoms with Gasteiger partial charge in [0.1, 0.15) is 0 Å². The van der Waals surface area contributed by atoms with Crippen molar-refractivity contribution in [1.82, 2.24) is 0 Å². The van der Waals surface area contributed by atoms with Gasteiger partial charge in [-0.2, -0.15) is 0 Å². The lowest BCUT2D eigenvalue weighted by Crippen LogP contribution is -2.17. The van der Waals surface area contributed by atoms with E-state index in [2.05, 4.69) is 5.32 Å². The molecule has 0 bridgehead atoms. The summed E-state index contributed by atoms with van der Waals surface area (Å²) in [4.78, 5) is 32.6. The first-order chi connectivity index (χ1) is 8.50. The van der Waals surface area contributed by atoms with Crippen molar-refractivity contribution in [3.05, 3.63) is 29.8 Å². The lowest BCUT2D eigenvalue weighted by molar-refractivity contribution is -0.133. The van der Waals surface area contributed by atoms with Gasteiger partial charge in [-0.1, -0.05) is 12.1 Å². The quantitative estimate of drug-likeness (QED) is 0.715. The van der Waals surface area contributed by atoms with Crippen molar-refractivity contribution in [2.24, 2.45) is 0 Å². The van der Waals surface area contributed by atoms with Crippen molar-refractivity contribution >= 4 is 35.3 Å². The number of benzene rings is 1. The zero-order chi connectivity index (χ0) is 13.5. The summed E-state index contributed by atoms with van der Waals surface area (Å²) in [5.41, 5.74) is 0.194. The van der Waals surface area contributed by atoms with Gasteiger partial charge in [-0.15, -0.1) is 11.8 Å². The molecule has 0 unspecified atom stereocenters. The van der Waals surface area contributed by atoms with Crippen LogP contribution in [0.25, 0.3) is 0 Å². The maximum Gasteiger partial charge on any atom is 0.337 e. The van der Waals surface area contributed by atoms with Crippen LogP contribution in [0, 0.1) is 0 Å². The molecule has 1 aromatic rings. The summed E-state index contributed by atoms with van der Waals surface area (Å²) in [6, 6.07) is 6.01. The third kappa shape index (κ3) is 4.46. The molecule has 0 aliphatic heterocycles. The first kappa shape index (κ1) is 14.0. The minimum Gasteiger partial charge on any atom is -0.481 e. The summed E-state index contributed by atoms with van der Waals surface area (Å²) >= 11 is 0.944. The monoisotopic (exact) mass is 269 g/mol. The number of carboxylic acid groups (broad SMARTS) is 2. The molecule has 0 saturated carbocycles. The lowest BCUT2D eigenvalue weighted by atomic mass is 10.2. The number of nitrogens with one attached hydrogen (secondary N) is 1. The molecule has 7 heteroatoms. The number of rotatable bonds is 6. The second kappa shape index (κ2) is 6.65. The fourth-order valence-corrected chi connectivity index (χ4v) is 1.73. The normalized spacial score (nSPS) is 9.78. The molecule has 1 aromatic carbocycles. The Kier molecular flexibility index (Phi) is 5.19. The number of hydrogen-bond donors (Lipinski definition) is 3. The molecule has 0 spiro atoms. The topological polar surface area (TPSA) is 104 Å². The maximum atomic E-state index is 11.5. The van der Waals surface area contributed by atoms with Crippen LogP contribution >= 0.6 is 11.8 Å². The summed E-state index contributed by atoms with van der Waals surface area (Å²) in [5, 5.41) is 19.7. The summed E-state index contributed by atoms with van der Waals surface area (Å²) in [6.45, 7) is 0. The van der Waals surface area contributed by atoms with Crippen molar-refractivity contribution in [2.45, 2.75) is 0 Å². The summed E-state index contributed by atoms with van der Waals surface area (Å²) in [7, 11) is 0. The van der Waals surface area contributed by atoms with Gasteiger partial charge in [0.05, 0.1) is 22.8 Å². The Labute approximate surface area is 107 Å². The van der Waals surface area contributed by atoms with E-state index in [4.69, 9.17) is 10.2 Å². The molecular formula is C11H11NO5S. The number of para-hydroxylation sites is 1. The number of aliphatic carboxylic acids is 1. The minimum atomic E-state index is -1.14. The highest BCUT2D eigenvalue weighted by molar-refractivity contribution is 8.00. The molecule has 0 heterocycles. The molecule has 18 heavy (non-hydrogen) atoms. The highest BCUT2D eigenvalue weighted by atomic mass is 32.2. The van der Waals surface area contributed by atoms with E-state index in [1.54, 1.807) is 12.1 Å². The number of carboxylic acids is 2. The Morgan fingerprint density at radius 3 is 2.39 bits per heavy atom. The molecule has 0 aromatic heterocycles. The van der Waals surface area contributed by atoms with Crippen molar-refractivity contribution in [3.8, 4) is 0 Å². The fourth-order valence-electron chi connectivity index (χ4n) is 1.20. The molecule has 6 nitrogen and oxygen atoms in total. The van der Waals surface area contributed by atoms with E-state index >= 15 is 0 Å². The van der Waals surface area contributed by atoms with E-state index in [1.165, 1.54) is 12.1 Å². The molecule has 0 aliphatic rings. The van der Waals surface area contributed by atoms with Crippen molar-refractivity contribution in [1.29, 1.82) is 0 Å². The van der Waals surface area contributed by atoms with Crippen LogP contribution in [0.1, 0.15) is 10.4 Å². The molecule has 0 aliphatic carbocycles. The summed E-state index contributed by atoms with van der Waals surface area (Å²) < 4.78 is 0. The van der Waals surface area contributed by atoms with E-state index in [-0.39, 0.29) is 22.8 Å². The van der Waals surface area contributed by atoms with Gasteiger partial charge in [-0.3, -0.25) is 9.59 Å². The fraction of sp³-hybridized carbons (Fsp3) is 0.182. The van der Waals surface area contributed by atoms with Crippen LogP contribution in [0.2, 0.25) is 0 Å². The number of anilines is 1. The van der Waals surface area contributed by atoms with Gasteiger partial charge in [0.25, 0.3) is 0 Å². The summed E-state index contributed by atoms with van der Waals surface area (Å²) in [5.74, 6) is -2.79. The molecular weight excluding hydrogens is 258 g/mol. The molecule has 0 saturated heterocycles. The number of hydrogen-bond acceptors (Lipinski definition) is 4. The van der Waals surface area contributed by atoms with Gasteiger partial charge in [-0.05, 0) is 12.1 Å². The van der Waals surface area contributed by atoms with Gasteiger partial charge >= 0.3 is 11.9 Å². The van der Waals surface area contributed by atoms with E-state index in [0.717, 1.165) is 11.8 Å². The predicted octanol–water partition coefficient (Wildman–Crippen LogP) is 1.14. The second-order valence-electron chi connectivity index (χ2n) is 3.29. The van der Waals surface area contributed by atoms with Crippen molar-refractivity contribution < 1.29 is 24.6 Å². The third-order valence-corrected chi connectivity index (χ3v) is 2.81. The lowest BCUT2D eigenvalue weighted by Gasteiger charge is -2.07. The molecule has 1 amide bonds. The van der Waals surface area contributed by atoms with Gasteiger partial charge in [-0.25, -0.2) is 4.79 Å². The Hall–Kier alpha value is -2.02. The first-order valence-corrected chi connectivity index (χ1v) is 6.08. The van der Waals surface area contributed by atoms with Crippen LogP contribution < -0.4 is 5.32 Å². The number of thioether (sulfide) groups is 1. The standard InChI is InChI=1S/C11H11NO5S/c13-9(5-18-6-10(14)15)12-8-4-2-1-3-7(8)11(16)17/h1-4H,5-6H2,(H,12,13)(H,14,15)(H,16,17).